The lowest BCUT2D eigenvalue weighted by Gasteiger charge is -2.26. The number of rotatable bonds is 5. The van der Waals surface area contributed by atoms with E-state index in [1.807, 2.05) is 0 Å². The summed E-state index contributed by atoms with van der Waals surface area (Å²) in [5.74, 6) is -1.77. The molecule has 6 nitrogen and oxygen atoms in total. The molecule has 1 saturated heterocycles. The lowest BCUT2D eigenvalue weighted by molar-refractivity contribution is -0.132. The minimum Gasteiger partial charge on any atom is -0.507 e. The van der Waals surface area contributed by atoms with Crippen molar-refractivity contribution in [2.24, 2.45) is 0 Å². The van der Waals surface area contributed by atoms with E-state index in [2.05, 4.69) is 0 Å². The number of aliphatic hydroxyl groups excluding tert-OH is 1. The maximum atomic E-state index is 13.8. The number of nitrogens with zero attached hydrogens (tertiary/aromatic N) is 1. The second-order valence-corrected chi connectivity index (χ2v) is 8.10. The molecule has 0 spiro atoms. The lowest BCUT2D eigenvalue weighted by atomic mass is 9.94. The van der Waals surface area contributed by atoms with E-state index in [0.717, 1.165) is 11.6 Å². The van der Waals surface area contributed by atoms with E-state index in [4.69, 9.17) is 21.1 Å². The minimum atomic E-state index is -1.04. The summed E-state index contributed by atoms with van der Waals surface area (Å²) >= 11 is 5.97. The average Bonchev–Trinajstić information content (AvgIpc) is 3.10. The molecule has 174 valence electrons. The summed E-state index contributed by atoms with van der Waals surface area (Å²) in [6.07, 6.45) is 0. The summed E-state index contributed by atoms with van der Waals surface area (Å²) in [7, 11) is 3.00. The Balaban J connectivity index is 1.98. The van der Waals surface area contributed by atoms with Gasteiger partial charge < -0.3 is 14.6 Å². The highest BCUT2D eigenvalue weighted by Crippen LogP contribution is 2.45. The van der Waals surface area contributed by atoms with Crippen molar-refractivity contribution in [1.82, 2.24) is 0 Å². The molecule has 34 heavy (non-hydrogen) atoms. The molecular weight excluding hydrogens is 461 g/mol. The Bertz CT molecular complexity index is 1340. The molecule has 0 saturated carbocycles. The molecule has 1 unspecified atom stereocenters. The zero-order valence-corrected chi connectivity index (χ0v) is 19.4. The fourth-order valence-corrected chi connectivity index (χ4v) is 4.28. The van der Waals surface area contributed by atoms with Gasteiger partial charge in [0.05, 0.1) is 30.9 Å². The quantitative estimate of drug-likeness (QED) is 0.299. The monoisotopic (exact) mass is 481 g/mol. The third-order valence-corrected chi connectivity index (χ3v) is 6.02. The van der Waals surface area contributed by atoms with E-state index >= 15 is 0 Å². The molecule has 1 aliphatic heterocycles. The number of aliphatic hydroxyl groups is 1. The predicted octanol–water partition coefficient (Wildman–Crippen LogP) is 5.43. The van der Waals surface area contributed by atoms with Crippen molar-refractivity contribution >= 4 is 34.7 Å². The molecule has 3 aromatic carbocycles. The van der Waals surface area contributed by atoms with Gasteiger partial charge in [0, 0.05) is 16.8 Å². The van der Waals surface area contributed by atoms with Crippen LogP contribution < -0.4 is 14.4 Å². The summed E-state index contributed by atoms with van der Waals surface area (Å²) in [6, 6.07) is 14.5. The van der Waals surface area contributed by atoms with Gasteiger partial charge in [-0.1, -0.05) is 29.8 Å². The third-order valence-electron chi connectivity index (χ3n) is 5.73. The van der Waals surface area contributed by atoms with Crippen LogP contribution >= 0.6 is 11.6 Å². The number of anilines is 1. The maximum Gasteiger partial charge on any atom is 0.300 e. The van der Waals surface area contributed by atoms with E-state index in [9.17, 15) is 19.1 Å². The highest BCUT2D eigenvalue weighted by atomic mass is 35.5. The number of halogens is 2. The highest BCUT2D eigenvalue weighted by molar-refractivity contribution is 6.52. The van der Waals surface area contributed by atoms with E-state index in [-0.39, 0.29) is 22.0 Å². The number of Topliss-reactive ketones (excluding diaryl/α,β-unsaturated/α-hetero) is 1. The molecule has 1 fully saturated rings. The standard InChI is InChI=1S/C26H21ClFNO5/c1-14-12-15(8-11-20(14)33-2)24(30)22-23(17-6-4-5-7-21(17)34-3)29(26(32)25(22)31)16-9-10-19(28)18(27)13-16/h4-13,23,30H,1-3H3/b24-22+. The second-order valence-electron chi connectivity index (χ2n) is 7.69. The van der Waals surface area contributed by atoms with Crippen LogP contribution in [0.4, 0.5) is 10.1 Å². The molecule has 0 bridgehead atoms. The molecule has 0 aromatic heterocycles. The second kappa shape index (κ2) is 9.19. The summed E-state index contributed by atoms with van der Waals surface area (Å²) in [6.45, 7) is 1.80. The Morgan fingerprint density at radius 1 is 1.00 bits per heavy atom. The van der Waals surface area contributed by atoms with Crippen LogP contribution in [0.2, 0.25) is 5.02 Å². The minimum absolute atomic E-state index is 0.125. The van der Waals surface area contributed by atoms with Crippen LogP contribution in [0.25, 0.3) is 5.76 Å². The van der Waals surface area contributed by atoms with E-state index in [0.29, 0.717) is 22.6 Å². The van der Waals surface area contributed by atoms with Gasteiger partial charge >= 0.3 is 0 Å². The number of carbonyl (C=O) groups is 2. The van der Waals surface area contributed by atoms with Crippen LogP contribution in [0, 0.1) is 12.7 Å². The summed E-state index contributed by atoms with van der Waals surface area (Å²) < 4.78 is 24.6. The Hall–Kier alpha value is -3.84. The van der Waals surface area contributed by atoms with Gasteiger partial charge in [0.25, 0.3) is 11.7 Å². The smallest absolute Gasteiger partial charge is 0.300 e. The van der Waals surface area contributed by atoms with Crippen LogP contribution in [0.1, 0.15) is 22.7 Å². The number of methoxy groups -OCH3 is 2. The van der Waals surface area contributed by atoms with Crippen molar-refractivity contribution < 1.29 is 28.6 Å². The number of hydrogen-bond donors (Lipinski definition) is 1. The Morgan fingerprint density at radius 2 is 1.71 bits per heavy atom. The fourth-order valence-electron chi connectivity index (χ4n) is 4.10. The Labute approximate surface area is 200 Å². The first-order chi connectivity index (χ1) is 16.3. The van der Waals surface area contributed by atoms with E-state index < -0.39 is 23.5 Å². The van der Waals surface area contributed by atoms with Crippen molar-refractivity contribution in [3.05, 3.63) is 93.8 Å². The zero-order valence-electron chi connectivity index (χ0n) is 18.6. The molecule has 8 heteroatoms. The number of hydrogen-bond acceptors (Lipinski definition) is 5. The van der Waals surface area contributed by atoms with Gasteiger partial charge in [-0.05, 0) is 55.0 Å². The molecular formula is C26H21ClFNO5. The van der Waals surface area contributed by atoms with Gasteiger partial charge in [-0.25, -0.2) is 4.39 Å². The van der Waals surface area contributed by atoms with Crippen molar-refractivity contribution in [1.29, 1.82) is 0 Å². The number of para-hydroxylation sites is 1. The van der Waals surface area contributed by atoms with Gasteiger partial charge in [0.15, 0.2) is 0 Å². The zero-order chi connectivity index (χ0) is 24.6. The van der Waals surface area contributed by atoms with Crippen molar-refractivity contribution in [3.8, 4) is 11.5 Å². The summed E-state index contributed by atoms with van der Waals surface area (Å²) in [5.41, 5.74) is 1.62. The number of carbonyl (C=O) groups excluding carboxylic acids is 2. The fraction of sp³-hybridized carbons (Fsp3) is 0.154. The molecule has 0 radical (unpaired) electrons. The molecule has 1 N–H and O–H groups in total. The van der Waals surface area contributed by atoms with Crippen molar-refractivity contribution in [3.63, 3.8) is 0 Å². The maximum absolute atomic E-state index is 13.8. The lowest BCUT2D eigenvalue weighted by Crippen LogP contribution is -2.29. The largest absolute Gasteiger partial charge is 0.507 e. The molecule has 1 amide bonds. The van der Waals surface area contributed by atoms with Gasteiger partial charge in [-0.3, -0.25) is 14.5 Å². The van der Waals surface area contributed by atoms with Crippen molar-refractivity contribution in [2.45, 2.75) is 13.0 Å². The topological polar surface area (TPSA) is 76.1 Å². The number of ether oxygens (including phenoxy) is 2. The SMILES string of the molecule is COc1ccc(/C(O)=C2\C(=O)C(=O)N(c3ccc(F)c(Cl)c3)C2c2ccccc2OC)cc1C. The van der Waals surface area contributed by atoms with Crippen LogP contribution in [0.15, 0.2) is 66.2 Å². The van der Waals surface area contributed by atoms with Crippen molar-refractivity contribution in [2.75, 3.05) is 19.1 Å². The van der Waals surface area contributed by atoms with Crippen LogP contribution in [-0.2, 0) is 9.59 Å². The number of amides is 1. The normalized spacial score (nSPS) is 17.2. The first-order valence-corrected chi connectivity index (χ1v) is 10.7. The summed E-state index contributed by atoms with van der Waals surface area (Å²) in [5, 5.41) is 11.1. The van der Waals surface area contributed by atoms with E-state index in [1.54, 1.807) is 49.4 Å². The molecule has 1 atom stereocenters. The van der Waals surface area contributed by atoms with Gasteiger partial charge in [0.1, 0.15) is 23.1 Å². The molecule has 3 aromatic rings. The van der Waals surface area contributed by atoms with Crippen LogP contribution in [0.5, 0.6) is 11.5 Å². The van der Waals surface area contributed by atoms with Gasteiger partial charge in [-0.15, -0.1) is 0 Å². The first-order valence-electron chi connectivity index (χ1n) is 10.3. The molecule has 1 heterocycles. The Morgan fingerprint density at radius 3 is 2.35 bits per heavy atom. The Kier molecular flexibility index (Phi) is 6.30. The van der Waals surface area contributed by atoms with Crippen LogP contribution in [-0.4, -0.2) is 31.0 Å². The average molecular weight is 482 g/mol. The van der Waals surface area contributed by atoms with Gasteiger partial charge in [0.2, 0.25) is 0 Å². The number of aryl methyl sites for hydroxylation is 1. The number of benzene rings is 3. The summed E-state index contributed by atoms with van der Waals surface area (Å²) in [4.78, 5) is 27.7. The van der Waals surface area contributed by atoms with E-state index in [1.165, 1.54) is 31.3 Å². The molecule has 1 aliphatic rings. The number of ketones is 1. The predicted molar refractivity (Wildman–Crippen MR) is 127 cm³/mol. The third kappa shape index (κ3) is 3.88. The highest BCUT2D eigenvalue weighted by Gasteiger charge is 2.48. The van der Waals surface area contributed by atoms with Crippen LogP contribution in [0.3, 0.4) is 0 Å². The molecule has 4 rings (SSSR count). The van der Waals surface area contributed by atoms with Gasteiger partial charge in [-0.2, -0.15) is 0 Å². The molecule has 0 aliphatic carbocycles. The first kappa shape index (κ1) is 23.3.